The molecular weight excluding hydrogens is 395 g/mol. The van der Waals surface area contributed by atoms with Crippen molar-refractivity contribution in [2.45, 2.75) is 19.9 Å². The molecule has 4 rings (SSSR count). The number of halogens is 2. The van der Waals surface area contributed by atoms with E-state index in [1.54, 1.807) is 35.2 Å². The van der Waals surface area contributed by atoms with E-state index in [0.29, 0.717) is 34.2 Å². The fraction of sp³-hybridized carbons (Fsp3) is 0.190. The molecule has 2 amide bonds. The third-order valence-corrected chi connectivity index (χ3v) is 5.09. The van der Waals surface area contributed by atoms with Gasteiger partial charge in [0.15, 0.2) is 0 Å². The smallest absolute Gasteiger partial charge is 0.322 e. The molecule has 0 spiro atoms. The summed E-state index contributed by atoms with van der Waals surface area (Å²) >= 11 is 6.06. The molecule has 3 aromatic rings. The van der Waals surface area contributed by atoms with Crippen LogP contribution in [-0.4, -0.2) is 27.6 Å². The summed E-state index contributed by atoms with van der Waals surface area (Å²) in [6.07, 6.45) is 0. The third kappa shape index (κ3) is 3.61. The van der Waals surface area contributed by atoms with Crippen molar-refractivity contribution < 1.29 is 13.7 Å². The second-order valence-corrected chi connectivity index (χ2v) is 7.05. The molecule has 1 aliphatic heterocycles. The van der Waals surface area contributed by atoms with Gasteiger partial charge in [-0.2, -0.15) is 4.98 Å². The summed E-state index contributed by atoms with van der Waals surface area (Å²) in [7, 11) is 0. The summed E-state index contributed by atoms with van der Waals surface area (Å²) in [6.45, 7) is 4.19. The molecule has 6 nitrogen and oxygen atoms in total. The summed E-state index contributed by atoms with van der Waals surface area (Å²) < 4.78 is 19.0. The fourth-order valence-corrected chi connectivity index (χ4v) is 3.61. The van der Waals surface area contributed by atoms with Crippen LogP contribution in [0, 0.1) is 5.82 Å². The first-order valence-electron chi connectivity index (χ1n) is 9.12. The Morgan fingerprint density at radius 1 is 1.24 bits per heavy atom. The number of allylic oxidation sites excluding steroid dienone is 1. The predicted molar refractivity (Wildman–Crippen MR) is 107 cm³/mol. The second kappa shape index (κ2) is 7.67. The summed E-state index contributed by atoms with van der Waals surface area (Å²) in [4.78, 5) is 18.7. The van der Waals surface area contributed by atoms with E-state index in [2.05, 4.69) is 15.5 Å². The van der Waals surface area contributed by atoms with Crippen LogP contribution < -0.4 is 5.32 Å². The van der Waals surface area contributed by atoms with E-state index in [1.165, 1.54) is 12.1 Å². The highest BCUT2D eigenvalue weighted by Crippen LogP contribution is 2.37. The fourth-order valence-electron chi connectivity index (χ4n) is 3.42. The van der Waals surface area contributed by atoms with Gasteiger partial charge in [-0.3, -0.25) is 4.90 Å². The van der Waals surface area contributed by atoms with Crippen molar-refractivity contribution in [3.05, 3.63) is 76.5 Å². The van der Waals surface area contributed by atoms with Crippen LogP contribution in [0.4, 0.5) is 9.18 Å². The van der Waals surface area contributed by atoms with Crippen LogP contribution >= 0.6 is 11.6 Å². The maximum absolute atomic E-state index is 13.4. The van der Waals surface area contributed by atoms with Crippen molar-refractivity contribution in [2.24, 2.45) is 0 Å². The lowest BCUT2D eigenvalue weighted by molar-refractivity contribution is 0.207. The molecule has 1 unspecified atom stereocenters. The Labute approximate surface area is 172 Å². The van der Waals surface area contributed by atoms with Crippen LogP contribution in [0.15, 0.2) is 58.8 Å². The summed E-state index contributed by atoms with van der Waals surface area (Å²) in [5, 5.41) is 7.59. The van der Waals surface area contributed by atoms with Crippen molar-refractivity contribution in [2.75, 3.05) is 6.54 Å². The molecule has 0 bridgehead atoms. The van der Waals surface area contributed by atoms with Gasteiger partial charge in [0.2, 0.25) is 5.82 Å². The molecule has 1 N–H and O–H groups in total. The Hall–Kier alpha value is -3.19. The number of hydrogen-bond acceptors (Lipinski definition) is 4. The van der Waals surface area contributed by atoms with Gasteiger partial charge in [-0.15, -0.1) is 0 Å². The highest BCUT2D eigenvalue weighted by Gasteiger charge is 2.35. The lowest BCUT2D eigenvalue weighted by atomic mass is 9.94. The van der Waals surface area contributed by atoms with Crippen molar-refractivity contribution in [1.82, 2.24) is 20.4 Å². The van der Waals surface area contributed by atoms with E-state index >= 15 is 0 Å². The van der Waals surface area contributed by atoms with Crippen LogP contribution in [0.1, 0.15) is 31.3 Å². The van der Waals surface area contributed by atoms with Gasteiger partial charge in [-0.05, 0) is 43.7 Å². The molecule has 0 radical (unpaired) electrons. The van der Waals surface area contributed by atoms with E-state index in [1.807, 2.05) is 19.9 Å². The first-order valence-corrected chi connectivity index (χ1v) is 9.50. The van der Waals surface area contributed by atoms with E-state index in [0.717, 1.165) is 5.56 Å². The maximum atomic E-state index is 13.4. The number of hydrogen-bond donors (Lipinski definition) is 1. The Bertz CT molecular complexity index is 1090. The number of nitrogens with one attached hydrogen (secondary N) is 1. The van der Waals surface area contributed by atoms with Crippen LogP contribution in [0.5, 0.6) is 0 Å². The molecule has 148 valence electrons. The zero-order valence-electron chi connectivity index (χ0n) is 15.8. The van der Waals surface area contributed by atoms with Gasteiger partial charge in [0.05, 0.1) is 11.6 Å². The van der Waals surface area contributed by atoms with Gasteiger partial charge in [-0.25, -0.2) is 9.18 Å². The lowest BCUT2D eigenvalue weighted by Crippen LogP contribution is -2.45. The highest BCUT2D eigenvalue weighted by molar-refractivity contribution is 6.30. The standard InChI is InChI=1S/C21H18ClFN4O2/c1-3-27-12(2)17(18(24-21(27)28)13-7-9-16(23)10-8-13)20-25-19(26-29-20)14-5-4-6-15(22)11-14/h4-11,18H,3H2,1-2H3,(H,24,28). The Balaban J connectivity index is 1.81. The van der Waals surface area contributed by atoms with Gasteiger partial charge in [-0.1, -0.05) is 41.0 Å². The average molecular weight is 413 g/mol. The highest BCUT2D eigenvalue weighted by atomic mass is 35.5. The average Bonchev–Trinajstić information content (AvgIpc) is 3.18. The number of carbonyl (C=O) groups is 1. The number of carbonyl (C=O) groups excluding carboxylic acids is 1. The predicted octanol–water partition coefficient (Wildman–Crippen LogP) is 5.05. The van der Waals surface area contributed by atoms with Crippen LogP contribution in [0.3, 0.4) is 0 Å². The summed E-state index contributed by atoms with van der Waals surface area (Å²) in [6, 6.07) is 12.3. The molecule has 0 fully saturated rings. The van der Waals surface area contributed by atoms with Crippen molar-refractivity contribution >= 4 is 23.2 Å². The van der Waals surface area contributed by atoms with Crippen molar-refractivity contribution in [3.63, 3.8) is 0 Å². The van der Waals surface area contributed by atoms with Crippen LogP contribution in [0.25, 0.3) is 17.0 Å². The van der Waals surface area contributed by atoms with Crippen molar-refractivity contribution in [3.8, 4) is 11.4 Å². The lowest BCUT2D eigenvalue weighted by Gasteiger charge is -2.34. The molecule has 2 heterocycles. The molecule has 0 saturated carbocycles. The van der Waals surface area contributed by atoms with E-state index < -0.39 is 6.04 Å². The van der Waals surface area contributed by atoms with E-state index in [9.17, 15) is 9.18 Å². The van der Waals surface area contributed by atoms with Crippen LogP contribution in [0.2, 0.25) is 5.02 Å². The number of urea groups is 1. The molecular formula is C21H18ClFN4O2. The van der Waals surface area contributed by atoms with E-state index in [-0.39, 0.29) is 17.7 Å². The number of amides is 2. The first-order chi connectivity index (χ1) is 14.0. The van der Waals surface area contributed by atoms with Gasteiger partial charge in [0.1, 0.15) is 5.82 Å². The first kappa shape index (κ1) is 19.1. The maximum Gasteiger partial charge on any atom is 0.322 e. The summed E-state index contributed by atoms with van der Waals surface area (Å²) in [5.41, 5.74) is 2.80. The quantitative estimate of drug-likeness (QED) is 0.651. The number of rotatable bonds is 4. The Morgan fingerprint density at radius 2 is 2.00 bits per heavy atom. The Morgan fingerprint density at radius 3 is 2.69 bits per heavy atom. The minimum Gasteiger partial charge on any atom is -0.334 e. The van der Waals surface area contributed by atoms with Gasteiger partial charge in [0.25, 0.3) is 5.89 Å². The van der Waals surface area contributed by atoms with Gasteiger partial charge in [0, 0.05) is 22.8 Å². The molecule has 0 saturated heterocycles. The molecule has 2 aromatic carbocycles. The summed E-state index contributed by atoms with van der Waals surface area (Å²) in [5.74, 6) is 0.320. The number of benzene rings is 2. The van der Waals surface area contributed by atoms with Crippen molar-refractivity contribution in [1.29, 1.82) is 0 Å². The molecule has 29 heavy (non-hydrogen) atoms. The zero-order valence-corrected chi connectivity index (χ0v) is 16.6. The Kier molecular flexibility index (Phi) is 5.07. The minimum absolute atomic E-state index is 0.238. The minimum atomic E-state index is -0.543. The number of aromatic nitrogens is 2. The molecule has 1 aliphatic rings. The zero-order chi connectivity index (χ0) is 20.5. The monoisotopic (exact) mass is 412 g/mol. The topological polar surface area (TPSA) is 71.3 Å². The van der Waals surface area contributed by atoms with Crippen LogP contribution in [-0.2, 0) is 0 Å². The molecule has 1 aromatic heterocycles. The molecule has 8 heteroatoms. The molecule has 1 atom stereocenters. The van der Waals surface area contributed by atoms with Gasteiger partial charge >= 0.3 is 6.03 Å². The third-order valence-electron chi connectivity index (χ3n) is 4.86. The largest absolute Gasteiger partial charge is 0.334 e. The molecule has 0 aliphatic carbocycles. The normalized spacial score (nSPS) is 16.9. The van der Waals surface area contributed by atoms with E-state index in [4.69, 9.17) is 16.1 Å². The number of nitrogens with zero attached hydrogens (tertiary/aromatic N) is 3. The second-order valence-electron chi connectivity index (χ2n) is 6.61. The SMILES string of the molecule is CCN1C(=O)NC(c2ccc(F)cc2)C(c2nc(-c3cccc(Cl)c3)no2)=C1C. The van der Waals surface area contributed by atoms with Gasteiger partial charge < -0.3 is 9.84 Å².